The Labute approximate surface area is 266 Å². The Bertz CT molecular complexity index is 2590. The van der Waals surface area contributed by atoms with Crippen molar-refractivity contribution in [2.75, 3.05) is 0 Å². The monoisotopic (exact) mass is 588 g/mol. The second kappa shape index (κ2) is 10.5. The number of benzene rings is 7. The van der Waals surface area contributed by atoms with Crippen molar-refractivity contribution < 1.29 is 4.79 Å². The molecule has 0 spiro atoms. The first kappa shape index (κ1) is 26.2. The van der Waals surface area contributed by atoms with E-state index in [1.165, 1.54) is 27.3 Å². The van der Waals surface area contributed by atoms with Crippen LogP contribution in [0.15, 0.2) is 170 Å². The summed E-state index contributed by atoms with van der Waals surface area (Å²) in [4.78, 5) is 13.9. The lowest BCUT2D eigenvalue weighted by molar-refractivity contribution is 0.103. The number of nitrogens with zero attached hydrogens (tertiary/aromatic N) is 2. The van der Waals surface area contributed by atoms with Crippen molar-refractivity contribution >= 4 is 49.3 Å². The molecule has 0 N–H and O–H groups in total. The van der Waals surface area contributed by atoms with E-state index in [9.17, 15) is 4.79 Å². The fourth-order valence-corrected chi connectivity index (χ4v) is 6.96. The normalized spacial score (nSPS) is 11.6. The van der Waals surface area contributed by atoms with Crippen LogP contribution in [0.4, 0.5) is 0 Å². The van der Waals surface area contributed by atoms with Crippen molar-refractivity contribution in [2.24, 2.45) is 0 Å². The summed E-state index contributed by atoms with van der Waals surface area (Å²) < 4.78 is 4.65. The van der Waals surface area contributed by atoms with E-state index in [4.69, 9.17) is 0 Å². The molecule has 0 aliphatic heterocycles. The quantitative estimate of drug-likeness (QED) is 0.184. The van der Waals surface area contributed by atoms with Gasteiger partial charge in [0.25, 0.3) is 0 Å². The molecule has 0 aliphatic rings. The molecule has 2 aromatic heterocycles. The van der Waals surface area contributed by atoms with Crippen LogP contribution >= 0.6 is 0 Å². The lowest BCUT2D eigenvalue weighted by Crippen LogP contribution is -2.03. The summed E-state index contributed by atoms with van der Waals surface area (Å²) in [6.45, 7) is 0. The number of ketones is 1. The Morgan fingerprint density at radius 3 is 1.98 bits per heavy atom. The van der Waals surface area contributed by atoms with Gasteiger partial charge in [0.15, 0.2) is 5.78 Å². The van der Waals surface area contributed by atoms with Gasteiger partial charge in [-0.2, -0.15) is 0 Å². The first-order chi connectivity index (χ1) is 22.7. The molecule has 0 fully saturated rings. The predicted octanol–water partition coefficient (Wildman–Crippen LogP) is 10.8. The van der Waals surface area contributed by atoms with Crippen LogP contribution in [0.1, 0.15) is 15.9 Å². The van der Waals surface area contributed by atoms with Gasteiger partial charge in [0.1, 0.15) is 0 Å². The summed E-state index contributed by atoms with van der Waals surface area (Å²) in [5.74, 6) is 0.0116. The van der Waals surface area contributed by atoms with Crippen LogP contribution in [-0.2, 0) is 0 Å². The minimum absolute atomic E-state index is 0.0116. The highest BCUT2D eigenvalue weighted by atomic mass is 16.1. The third-order valence-electron chi connectivity index (χ3n) is 9.10. The van der Waals surface area contributed by atoms with E-state index in [0.717, 1.165) is 38.7 Å². The first-order valence-electron chi connectivity index (χ1n) is 15.6. The van der Waals surface area contributed by atoms with Crippen LogP contribution in [0.2, 0.25) is 0 Å². The lowest BCUT2D eigenvalue weighted by Gasteiger charge is -2.13. The van der Waals surface area contributed by atoms with Crippen LogP contribution in [0, 0.1) is 0 Å². The molecule has 0 bridgehead atoms. The molecule has 0 saturated heterocycles. The molecule has 3 nitrogen and oxygen atoms in total. The maximum Gasteiger partial charge on any atom is 0.193 e. The summed E-state index contributed by atoms with van der Waals surface area (Å²) in [6.07, 6.45) is 2.26. The Kier molecular flexibility index (Phi) is 5.97. The third kappa shape index (κ3) is 4.10. The molecule has 2 heterocycles. The van der Waals surface area contributed by atoms with Gasteiger partial charge >= 0.3 is 0 Å². The van der Waals surface area contributed by atoms with Crippen molar-refractivity contribution in [3.63, 3.8) is 0 Å². The van der Waals surface area contributed by atoms with Crippen molar-refractivity contribution in [2.45, 2.75) is 0 Å². The Balaban J connectivity index is 1.33. The molecule has 7 aromatic carbocycles. The highest BCUT2D eigenvalue weighted by Gasteiger charge is 2.21. The SMILES string of the molecule is O=C(c1cccc(-n2c3ccccc3c3ccc4c(-c5ccccc5)cn(-c5ccccc5)c4c32)c1)c1ccc2ccccc2c1. The van der Waals surface area contributed by atoms with Crippen molar-refractivity contribution in [1.82, 2.24) is 9.13 Å². The number of fused-ring (bicyclic) bond motifs is 6. The van der Waals surface area contributed by atoms with Crippen molar-refractivity contribution in [3.05, 3.63) is 181 Å². The largest absolute Gasteiger partial charge is 0.314 e. The van der Waals surface area contributed by atoms with E-state index in [0.29, 0.717) is 11.1 Å². The van der Waals surface area contributed by atoms with Crippen LogP contribution in [-0.4, -0.2) is 14.9 Å². The molecule has 0 saturated carbocycles. The van der Waals surface area contributed by atoms with Gasteiger partial charge in [-0.3, -0.25) is 4.79 Å². The molecule has 9 aromatic rings. The lowest BCUT2D eigenvalue weighted by atomic mass is 9.99. The number of hydrogen-bond donors (Lipinski definition) is 0. The highest BCUT2D eigenvalue weighted by Crippen LogP contribution is 2.41. The number of hydrogen-bond acceptors (Lipinski definition) is 1. The van der Waals surface area contributed by atoms with Crippen molar-refractivity contribution in [3.8, 4) is 22.5 Å². The van der Waals surface area contributed by atoms with Crippen LogP contribution < -0.4 is 0 Å². The molecule has 0 radical (unpaired) electrons. The molecule has 0 amide bonds. The van der Waals surface area contributed by atoms with Crippen molar-refractivity contribution in [1.29, 1.82) is 0 Å². The van der Waals surface area contributed by atoms with E-state index < -0.39 is 0 Å². The summed E-state index contributed by atoms with van der Waals surface area (Å²) in [7, 11) is 0. The van der Waals surface area contributed by atoms with Gasteiger partial charge in [0.2, 0.25) is 0 Å². The number of carbonyl (C=O) groups is 1. The smallest absolute Gasteiger partial charge is 0.193 e. The van der Waals surface area contributed by atoms with Gasteiger partial charge in [0.05, 0.1) is 16.6 Å². The van der Waals surface area contributed by atoms with Gasteiger partial charge in [-0.15, -0.1) is 0 Å². The summed E-state index contributed by atoms with van der Waals surface area (Å²) in [5, 5.41) is 5.70. The Morgan fingerprint density at radius 2 is 1.13 bits per heavy atom. The molecule has 3 heteroatoms. The predicted molar refractivity (Wildman–Crippen MR) is 190 cm³/mol. The molecule has 216 valence electrons. The third-order valence-corrected chi connectivity index (χ3v) is 9.10. The Morgan fingerprint density at radius 1 is 0.457 bits per heavy atom. The summed E-state index contributed by atoms with van der Waals surface area (Å²) in [6, 6.07) is 56.3. The van der Waals surface area contributed by atoms with Crippen LogP contribution in [0.3, 0.4) is 0 Å². The zero-order valence-corrected chi connectivity index (χ0v) is 25.0. The number of aromatic nitrogens is 2. The zero-order chi connectivity index (χ0) is 30.6. The molecule has 9 rings (SSSR count). The number of para-hydroxylation sites is 2. The van der Waals surface area contributed by atoms with E-state index in [1.807, 2.05) is 48.5 Å². The maximum absolute atomic E-state index is 13.9. The van der Waals surface area contributed by atoms with E-state index in [2.05, 4.69) is 131 Å². The van der Waals surface area contributed by atoms with Gasteiger partial charge in [-0.25, -0.2) is 0 Å². The second-order valence-electron chi connectivity index (χ2n) is 11.8. The number of carbonyl (C=O) groups excluding carboxylic acids is 1. The molecule has 0 unspecified atom stereocenters. The standard InChI is InChI=1S/C43H28N2O/c46-43(33-23-22-29-12-7-8-15-31(29)26-33)32-16-11-19-35(27-32)45-40-21-10-9-20-36(40)37-24-25-38-39(30-13-3-1-4-14-30)28-44(41(38)42(37)45)34-17-5-2-6-18-34/h1-28H. The topological polar surface area (TPSA) is 26.9 Å². The number of rotatable bonds is 5. The zero-order valence-electron chi connectivity index (χ0n) is 25.0. The van der Waals surface area contributed by atoms with Gasteiger partial charge in [-0.05, 0) is 52.7 Å². The van der Waals surface area contributed by atoms with E-state index in [1.54, 1.807) is 0 Å². The molecule has 46 heavy (non-hydrogen) atoms. The van der Waals surface area contributed by atoms with Gasteiger partial charge in [0, 0.05) is 50.4 Å². The summed E-state index contributed by atoms with van der Waals surface area (Å²) >= 11 is 0. The second-order valence-corrected chi connectivity index (χ2v) is 11.8. The fourth-order valence-electron chi connectivity index (χ4n) is 6.96. The van der Waals surface area contributed by atoms with Crippen LogP contribution in [0.5, 0.6) is 0 Å². The van der Waals surface area contributed by atoms with Gasteiger partial charge < -0.3 is 9.13 Å². The molecule has 0 atom stereocenters. The first-order valence-corrected chi connectivity index (χ1v) is 15.6. The summed E-state index contributed by atoms with van der Waals surface area (Å²) in [5.41, 5.74) is 9.09. The molecule has 0 aliphatic carbocycles. The fraction of sp³-hybridized carbons (Fsp3) is 0. The van der Waals surface area contributed by atoms with E-state index >= 15 is 0 Å². The minimum Gasteiger partial charge on any atom is -0.314 e. The molecular formula is C43H28N2O. The van der Waals surface area contributed by atoms with Crippen LogP contribution in [0.25, 0.3) is 66.0 Å². The molecular weight excluding hydrogens is 560 g/mol. The van der Waals surface area contributed by atoms with E-state index in [-0.39, 0.29) is 5.78 Å². The minimum atomic E-state index is 0.0116. The highest BCUT2D eigenvalue weighted by molar-refractivity contribution is 6.20. The average molecular weight is 589 g/mol. The maximum atomic E-state index is 13.9. The average Bonchev–Trinajstić information content (AvgIpc) is 3.68. The Hall–Kier alpha value is -6.19. The van der Waals surface area contributed by atoms with Gasteiger partial charge in [-0.1, -0.05) is 127 Å².